The highest BCUT2D eigenvalue weighted by Gasteiger charge is 2.36. The number of nitrogens with zero attached hydrogens (tertiary/aromatic N) is 2. The number of carboxylic acid groups (broad SMARTS) is 1. The summed E-state index contributed by atoms with van der Waals surface area (Å²) in [7, 11) is 0. The van der Waals surface area contributed by atoms with Crippen molar-refractivity contribution in [2.24, 2.45) is 0 Å². The van der Waals surface area contributed by atoms with E-state index in [-0.39, 0.29) is 5.91 Å². The average Bonchev–Trinajstić information content (AvgIpc) is 2.94. The molecule has 18 heavy (non-hydrogen) atoms. The smallest absolute Gasteiger partial charge is 0.326 e. The van der Waals surface area contributed by atoms with Crippen molar-refractivity contribution in [2.75, 3.05) is 6.54 Å². The van der Waals surface area contributed by atoms with Gasteiger partial charge in [0.05, 0.1) is 5.69 Å². The van der Waals surface area contributed by atoms with Crippen molar-refractivity contribution in [3.63, 3.8) is 0 Å². The predicted octanol–water partition coefficient (Wildman–Crippen LogP) is 1.23. The molecule has 98 valence electrons. The number of carbonyl (C=O) groups excluding carboxylic acids is 1. The monoisotopic (exact) mass is 252 g/mol. The van der Waals surface area contributed by atoms with E-state index in [1.165, 1.54) is 4.90 Å². The molecule has 2 rings (SSSR count). The highest BCUT2D eigenvalue weighted by Crippen LogP contribution is 2.23. The van der Waals surface area contributed by atoms with Crippen molar-refractivity contribution in [3.8, 4) is 0 Å². The molecule has 1 saturated heterocycles. The Balaban J connectivity index is 2.30. The fourth-order valence-electron chi connectivity index (χ4n) is 2.34. The van der Waals surface area contributed by atoms with Gasteiger partial charge in [-0.2, -0.15) is 0 Å². The van der Waals surface area contributed by atoms with Gasteiger partial charge in [-0.05, 0) is 26.2 Å². The first-order valence-corrected chi connectivity index (χ1v) is 6.05. The molecule has 0 saturated carbocycles. The zero-order chi connectivity index (χ0) is 13.3. The quantitative estimate of drug-likeness (QED) is 0.874. The van der Waals surface area contributed by atoms with Crippen molar-refractivity contribution in [3.05, 3.63) is 17.0 Å². The first-order chi connectivity index (χ1) is 8.56. The van der Waals surface area contributed by atoms with Crippen LogP contribution in [0.15, 0.2) is 4.52 Å². The number of rotatable bonds is 3. The third kappa shape index (κ3) is 1.98. The second kappa shape index (κ2) is 4.80. The van der Waals surface area contributed by atoms with Crippen LogP contribution in [0, 0.1) is 6.92 Å². The second-order valence-electron chi connectivity index (χ2n) is 4.41. The van der Waals surface area contributed by atoms with E-state index in [4.69, 9.17) is 9.63 Å². The lowest BCUT2D eigenvalue weighted by Gasteiger charge is -2.21. The highest BCUT2D eigenvalue weighted by molar-refractivity contribution is 5.98. The van der Waals surface area contributed by atoms with Gasteiger partial charge in [-0.3, -0.25) is 4.79 Å². The first-order valence-electron chi connectivity index (χ1n) is 6.05. The van der Waals surface area contributed by atoms with Gasteiger partial charge in [0.2, 0.25) is 0 Å². The van der Waals surface area contributed by atoms with Crippen LogP contribution < -0.4 is 0 Å². The van der Waals surface area contributed by atoms with Gasteiger partial charge in [-0.15, -0.1) is 0 Å². The van der Waals surface area contributed by atoms with Gasteiger partial charge in [0.1, 0.15) is 17.4 Å². The van der Waals surface area contributed by atoms with Crippen LogP contribution in [-0.2, 0) is 11.2 Å². The summed E-state index contributed by atoms with van der Waals surface area (Å²) >= 11 is 0. The normalized spacial score (nSPS) is 19.2. The topological polar surface area (TPSA) is 83.6 Å². The van der Waals surface area contributed by atoms with Crippen molar-refractivity contribution in [1.29, 1.82) is 0 Å². The Morgan fingerprint density at radius 3 is 2.89 bits per heavy atom. The third-order valence-electron chi connectivity index (χ3n) is 3.28. The number of carbonyl (C=O) groups is 2. The fourth-order valence-corrected chi connectivity index (χ4v) is 2.34. The van der Waals surface area contributed by atoms with E-state index in [1.54, 1.807) is 6.92 Å². The van der Waals surface area contributed by atoms with Crippen LogP contribution in [0.25, 0.3) is 0 Å². The molecule has 1 aliphatic rings. The SMILES string of the molecule is CCc1noc(C)c1C(=O)N1CCCC1C(=O)O. The molecule has 1 aromatic heterocycles. The summed E-state index contributed by atoms with van der Waals surface area (Å²) in [5, 5.41) is 12.9. The molecule has 1 amide bonds. The maximum Gasteiger partial charge on any atom is 0.326 e. The minimum absolute atomic E-state index is 0.282. The van der Waals surface area contributed by atoms with E-state index in [0.717, 1.165) is 0 Å². The van der Waals surface area contributed by atoms with Gasteiger partial charge in [0, 0.05) is 6.54 Å². The molecule has 1 unspecified atom stereocenters. The van der Waals surface area contributed by atoms with Gasteiger partial charge in [0.25, 0.3) is 5.91 Å². The van der Waals surface area contributed by atoms with Gasteiger partial charge in [-0.1, -0.05) is 12.1 Å². The van der Waals surface area contributed by atoms with E-state index >= 15 is 0 Å². The zero-order valence-corrected chi connectivity index (χ0v) is 10.5. The lowest BCUT2D eigenvalue weighted by Crippen LogP contribution is -2.40. The van der Waals surface area contributed by atoms with Gasteiger partial charge in [-0.25, -0.2) is 4.79 Å². The molecule has 0 aliphatic carbocycles. The molecule has 1 aromatic rings. The van der Waals surface area contributed by atoms with Gasteiger partial charge >= 0.3 is 5.97 Å². The Bertz CT molecular complexity index is 480. The summed E-state index contributed by atoms with van der Waals surface area (Å²) in [5.41, 5.74) is 1.01. The van der Waals surface area contributed by atoms with Crippen LogP contribution in [0.5, 0.6) is 0 Å². The number of amides is 1. The minimum Gasteiger partial charge on any atom is -0.480 e. The number of hydrogen-bond acceptors (Lipinski definition) is 4. The largest absolute Gasteiger partial charge is 0.480 e. The summed E-state index contributed by atoms with van der Waals surface area (Å²) < 4.78 is 5.02. The molecule has 0 radical (unpaired) electrons. The summed E-state index contributed by atoms with van der Waals surface area (Å²) in [5.74, 6) is -0.781. The molecule has 0 spiro atoms. The van der Waals surface area contributed by atoms with Crippen molar-refractivity contribution in [2.45, 2.75) is 39.2 Å². The van der Waals surface area contributed by atoms with Gasteiger partial charge < -0.3 is 14.5 Å². The maximum atomic E-state index is 12.4. The van der Waals surface area contributed by atoms with Crippen LogP contribution in [0.4, 0.5) is 0 Å². The number of likely N-dealkylation sites (tertiary alicyclic amines) is 1. The molecular weight excluding hydrogens is 236 g/mol. The number of aryl methyl sites for hydroxylation is 2. The van der Waals surface area contributed by atoms with Crippen molar-refractivity contribution >= 4 is 11.9 Å². The number of hydrogen-bond donors (Lipinski definition) is 1. The van der Waals surface area contributed by atoms with E-state index in [0.29, 0.717) is 42.8 Å². The second-order valence-corrected chi connectivity index (χ2v) is 4.41. The summed E-state index contributed by atoms with van der Waals surface area (Å²) in [6.07, 6.45) is 1.81. The molecular formula is C12H16N2O4. The Morgan fingerprint density at radius 1 is 1.56 bits per heavy atom. The summed E-state index contributed by atoms with van der Waals surface area (Å²) in [4.78, 5) is 24.9. The van der Waals surface area contributed by atoms with E-state index in [1.807, 2.05) is 6.92 Å². The van der Waals surface area contributed by atoms with Crippen LogP contribution in [0.2, 0.25) is 0 Å². The molecule has 2 heterocycles. The third-order valence-corrected chi connectivity index (χ3v) is 3.28. The molecule has 1 N–H and O–H groups in total. The molecule has 0 aromatic carbocycles. The van der Waals surface area contributed by atoms with Crippen LogP contribution in [0.1, 0.15) is 41.6 Å². The molecule has 6 nitrogen and oxygen atoms in total. The van der Waals surface area contributed by atoms with E-state index < -0.39 is 12.0 Å². The minimum atomic E-state index is -0.951. The molecule has 1 fully saturated rings. The maximum absolute atomic E-state index is 12.4. The fraction of sp³-hybridized carbons (Fsp3) is 0.583. The van der Waals surface area contributed by atoms with Crippen LogP contribution in [0.3, 0.4) is 0 Å². The number of carboxylic acids is 1. The lowest BCUT2D eigenvalue weighted by molar-refractivity contribution is -0.141. The highest BCUT2D eigenvalue weighted by atomic mass is 16.5. The van der Waals surface area contributed by atoms with Crippen LogP contribution in [-0.4, -0.2) is 39.6 Å². The molecule has 1 atom stereocenters. The van der Waals surface area contributed by atoms with Crippen LogP contribution >= 0.6 is 0 Å². The number of aromatic nitrogens is 1. The van der Waals surface area contributed by atoms with E-state index in [2.05, 4.69) is 5.16 Å². The van der Waals surface area contributed by atoms with Crippen molar-refractivity contribution in [1.82, 2.24) is 10.1 Å². The molecule has 0 bridgehead atoms. The van der Waals surface area contributed by atoms with E-state index in [9.17, 15) is 9.59 Å². The first kappa shape index (κ1) is 12.6. The van der Waals surface area contributed by atoms with Crippen molar-refractivity contribution < 1.29 is 19.2 Å². The van der Waals surface area contributed by atoms with Gasteiger partial charge in [0.15, 0.2) is 0 Å². The Hall–Kier alpha value is -1.85. The predicted molar refractivity (Wildman–Crippen MR) is 62.3 cm³/mol. The summed E-state index contributed by atoms with van der Waals surface area (Å²) in [6, 6.07) is -0.725. The Morgan fingerprint density at radius 2 is 2.28 bits per heavy atom. The summed E-state index contributed by atoms with van der Waals surface area (Å²) in [6.45, 7) is 4.03. The molecule has 1 aliphatic heterocycles. The zero-order valence-electron chi connectivity index (χ0n) is 10.5. The molecule has 6 heteroatoms. The average molecular weight is 252 g/mol. The Kier molecular flexibility index (Phi) is 3.36. The standard InChI is InChI=1S/C12H16N2O4/c1-3-8-10(7(2)18-13-8)11(15)14-6-4-5-9(14)12(16)17/h9H,3-6H2,1-2H3,(H,16,17). The Labute approximate surface area is 105 Å². The lowest BCUT2D eigenvalue weighted by atomic mass is 10.1. The number of aliphatic carboxylic acids is 1.